The summed E-state index contributed by atoms with van der Waals surface area (Å²) in [5.74, 6) is 2.42. The number of pyridine rings is 2. The van der Waals surface area contributed by atoms with Crippen molar-refractivity contribution in [2.75, 3.05) is 36.9 Å². The molecule has 4 heterocycles. The van der Waals surface area contributed by atoms with Gasteiger partial charge in [0.2, 0.25) is 0 Å². The molecule has 7 heteroatoms. The lowest BCUT2D eigenvalue weighted by Gasteiger charge is -2.43. The standard InChI is InChI=1S/C28H26FN5O/c1-2-17-7-9-32-27(26(17)30)19-4-6-23-21(14-19)28(22(15-33-23)18-3-5-20(29)13-18)34-11-8-24-25(16-34)35-12-10-31-24/h1,4-7,9,13-15,24-25,31H,3,8,10-12,16,30H2/t24-,25-/m1/s1. The smallest absolute Gasteiger partial charge is 0.119 e. The van der Waals surface area contributed by atoms with E-state index >= 15 is 0 Å². The first kappa shape index (κ1) is 21.8. The number of nitrogen functional groups attached to an aromatic ring is 1. The van der Waals surface area contributed by atoms with Gasteiger partial charge in [-0.2, -0.15) is 0 Å². The summed E-state index contributed by atoms with van der Waals surface area (Å²) < 4.78 is 20.2. The van der Waals surface area contributed by atoms with Crippen molar-refractivity contribution < 1.29 is 9.13 Å². The van der Waals surface area contributed by atoms with E-state index in [1.54, 1.807) is 24.4 Å². The monoisotopic (exact) mass is 467 g/mol. The molecule has 6 rings (SSSR count). The van der Waals surface area contributed by atoms with Crippen LogP contribution in [-0.4, -0.2) is 48.4 Å². The third kappa shape index (κ3) is 3.85. The van der Waals surface area contributed by atoms with Gasteiger partial charge >= 0.3 is 0 Å². The first-order chi connectivity index (χ1) is 17.1. The molecule has 35 heavy (non-hydrogen) atoms. The van der Waals surface area contributed by atoms with Gasteiger partial charge in [0.25, 0.3) is 0 Å². The zero-order chi connectivity index (χ0) is 23.9. The zero-order valence-electron chi connectivity index (χ0n) is 19.3. The second kappa shape index (κ2) is 8.81. The van der Waals surface area contributed by atoms with Crippen LogP contribution >= 0.6 is 0 Å². The van der Waals surface area contributed by atoms with Crippen molar-refractivity contribution >= 4 is 27.9 Å². The van der Waals surface area contributed by atoms with Crippen LogP contribution in [0.15, 0.2) is 54.6 Å². The van der Waals surface area contributed by atoms with Crippen molar-refractivity contribution in [3.8, 4) is 23.6 Å². The van der Waals surface area contributed by atoms with Crippen molar-refractivity contribution in [2.45, 2.75) is 25.0 Å². The summed E-state index contributed by atoms with van der Waals surface area (Å²) >= 11 is 0. The van der Waals surface area contributed by atoms with E-state index in [-0.39, 0.29) is 11.9 Å². The number of nitrogens with two attached hydrogens (primary N) is 1. The molecule has 6 nitrogen and oxygen atoms in total. The molecule has 0 spiro atoms. The lowest BCUT2D eigenvalue weighted by molar-refractivity contribution is -0.00899. The van der Waals surface area contributed by atoms with Gasteiger partial charge in [-0.05, 0) is 48.8 Å². The zero-order valence-corrected chi connectivity index (χ0v) is 19.3. The van der Waals surface area contributed by atoms with E-state index in [4.69, 9.17) is 21.9 Å². The van der Waals surface area contributed by atoms with Crippen molar-refractivity contribution in [1.29, 1.82) is 0 Å². The SMILES string of the molecule is C#Cc1ccnc(-c2ccc3ncc(C4=CC(F)=CC4)c(N4CC[C@H]5NCCO[C@@H]5C4)c3c2)c1N. The van der Waals surface area contributed by atoms with Crippen LogP contribution in [-0.2, 0) is 4.74 Å². The topological polar surface area (TPSA) is 76.3 Å². The van der Waals surface area contributed by atoms with Crippen LogP contribution in [0.1, 0.15) is 24.0 Å². The summed E-state index contributed by atoms with van der Waals surface area (Å²) in [6.07, 6.45) is 14.0. The molecule has 0 saturated carbocycles. The molecule has 0 amide bonds. The molecule has 2 fully saturated rings. The number of anilines is 2. The third-order valence-electron chi connectivity index (χ3n) is 7.15. The number of morpholine rings is 1. The number of piperidine rings is 1. The Hall–Kier alpha value is -3.73. The fourth-order valence-corrected chi connectivity index (χ4v) is 5.39. The molecule has 2 atom stereocenters. The molecule has 176 valence electrons. The number of allylic oxidation sites excluding steroid dienone is 4. The molecule has 2 saturated heterocycles. The molecule has 3 aliphatic rings. The average molecular weight is 468 g/mol. The molecular weight excluding hydrogens is 441 g/mol. The Bertz CT molecular complexity index is 1420. The second-order valence-corrected chi connectivity index (χ2v) is 9.18. The predicted octanol–water partition coefficient (Wildman–Crippen LogP) is 4.07. The summed E-state index contributed by atoms with van der Waals surface area (Å²) in [5, 5.41) is 4.56. The number of benzene rings is 1. The third-order valence-corrected chi connectivity index (χ3v) is 7.15. The number of nitrogens with zero attached hydrogens (tertiary/aromatic N) is 3. The van der Waals surface area contributed by atoms with Gasteiger partial charge in [0.05, 0.1) is 40.9 Å². The lowest BCUT2D eigenvalue weighted by atomic mass is 9.94. The molecule has 3 N–H and O–H groups in total. The van der Waals surface area contributed by atoms with Crippen LogP contribution in [0.3, 0.4) is 0 Å². The van der Waals surface area contributed by atoms with Gasteiger partial charge in [0.15, 0.2) is 0 Å². The number of hydrogen-bond acceptors (Lipinski definition) is 6. The Balaban J connectivity index is 1.52. The highest BCUT2D eigenvalue weighted by Crippen LogP contribution is 2.41. The van der Waals surface area contributed by atoms with E-state index < -0.39 is 0 Å². The number of terminal acetylenes is 1. The highest BCUT2D eigenvalue weighted by atomic mass is 19.1. The Morgan fingerprint density at radius 3 is 3.00 bits per heavy atom. The number of nitrogens with one attached hydrogen (secondary N) is 1. The van der Waals surface area contributed by atoms with Gasteiger partial charge in [-0.3, -0.25) is 9.97 Å². The van der Waals surface area contributed by atoms with E-state index in [2.05, 4.69) is 27.2 Å². The maximum absolute atomic E-state index is 14.1. The number of hydrogen-bond donors (Lipinski definition) is 2. The van der Waals surface area contributed by atoms with E-state index in [1.807, 2.05) is 18.3 Å². The molecule has 2 aromatic heterocycles. The van der Waals surface area contributed by atoms with Gasteiger partial charge in [0.1, 0.15) is 5.83 Å². The first-order valence-corrected chi connectivity index (χ1v) is 11.9. The number of aromatic nitrogens is 2. The molecular formula is C28H26FN5O. The van der Waals surface area contributed by atoms with Crippen LogP contribution in [0, 0.1) is 12.3 Å². The molecule has 0 bridgehead atoms. The average Bonchev–Trinajstić information content (AvgIpc) is 3.33. The van der Waals surface area contributed by atoms with Crippen LogP contribution in [0.5, 0.6) is 0 Å². The highest BCUT2D eigenvalue weighted by Gasteiger charge is 2.34. The quantitative estimate of drug-likeness (QED) is 0.566. The van der Waals surface area contributed by atoms with Crippen molar-refractivity contribution in [2.24, 2.45) is 0 Å². The van der Waals surface area contributed by atoms with Crippen LogP contribution in [0.25, 0.3) is 27.7 Å². The summed E-state index contributed by atoms with van der Waals surface area (Å²) in [5.41, 5.74) is 12.7. The summed E-state index contributed by atoms with van der Waals surface area (Å²) in [7, 11) is 0. The minimum absolute atomic E-state index is 0.105. The van der Waals surface area contributed by atoms with E-state index in [9.17, 15) is 4.39 Å². The minimum Gasteiger partial charge on any atom is -0.396 e. The van der Waals surface area contributed by atoms with Crippen LogP contribution in [0.2, 0.25) is 0 Å². The fourth-order valence-electron chi connectivity index (χ4n) is 5.39. The summed E-state index contributed by atoms with van der Waals surface area (Å²) in [6, 6.07) is 8.11. The van der Waals surface area contributed by atoms with Crippen molar-refractivity contribution in [3.63, 3.8) is 0 Å². The molecule has 1 aromatic carbocycles. The molecule has 2 aliphatic heterocycles. The maximum Gasteiger partial charge on any atom is 0.119 e. The van der Waals surface area contributed by atoms with E-state index in [0.717, 1.165) is 59.3 Å². The normalized spacial score (nSPS) is 21.9. The Morgan fingerprint density at radius 1 is 1.26 bits per heavy atom. The Morgan fingerprint density at radius 2 is 2.17 bits per heavy atom. The Kier molecular flexibility index (Phi) is 5.48. The molecule has 1 aliphatic carbocycles. The molecule has 0 unspecified atom stereocenters. The molecule has 0 radical (unpaired) electrons. The first-order valence-electron chi connectivity index (χ1n) is 11.9. The van der Waals surface area contributed by atoms with E-state index in [0.29, 0.717) is 36.0 Å². The second-order valence-electron chi connectivity index (χ2n) is 9.18. The van der Waals surface area contributed by atoms with Gasteiger partial charge < -0.3 is 20.7 Å². The van der Waals surface area contributed by atoms with Crippen LogP contribution in [0.4, 0.5) is 15.8 Å². The van der Waals surface area contributed by atoms with Crippen molar-refractivity contribution in [1.82, 2.24) is 15.3 Å². The maximum atomic E-state index is 14.1. The van der Waals surface area contributed by atoms with Crippen molar-refractivity contribution in [3.05, 3.63) is 65.8 Å². The number of fused-ring (bicyclic) bond motifs is 2. The van der Waals surface area contributed by atoms with Gasteiger partial charge in [-0.1, -0.05) is 12.0 Å². The molecule has 3 aromatic rings. The van der Waals surface area contributed by atoms with Gasteiger partial charge in [0, 0.05) is 54.6 Å². The predicted molar refractivity (Wildman–Crippen MR) is 137 cm³/mol. The van der Waals surface area contributed by atoms with Crippen LogP contribution < -0.4 is 16.0 Å². The van der Waals surface area contributed by atoms with Gasteiger partial charge in [-0.15, -0.1) is 6.42 Å². The number of rotatable bonds is 3. The summed E-state index contributed by atoms with van der Waals surface area (Å²) in [6.45, 7) is 3.21. The largest absolute Gasteiger partial charge is 0.396 e. The number of halogens is 1. The Labute approximate surface area is 203 Å². The highest BCUT2D eigenvalue weighted by molar-refractivity contribution is 6.01. The lowest BCUT2D eigenvalue weighted by Crippen LogP contribution is -2.57. The number of ether oxygens (including phenoxy) is 1. The minimum atomic E-state index is -0.207. The fraction of sp³-hybridized carbons (Fsp3) is 0.286. The van der Waals surface area contributed by atoms with Gasteiger partial charge in [-0.25, -0.2) is 4.39 Å². The summed E-state index contributed by atoms with van der Waals surface area (Å²) in [4.78, 5) is 11.6. The van der Waals surface area contributed by atoms with E-state index in [1.165, 1.54) is 0 Å².